The summed E-state index contributed by atoms with van der Waals surface area (Å²) in [5.41, 5.74) is 5.59. The van der Waals surface area contributed by atoms with Gasteiger partial charge in [0.15, 0.2) is 0 Å². The van der Waals surface area contributed by atoms with E-state index in [9.17, 15) is 9.59 Å². The monoisotopic (exact) mass is 497 g/mol. The summed E-state index contributed by atoms with van der Waals surface area (Å²) in [6, 6.07) is 6.42. The molecule has 0 radical (unpaired) electrons. The third-order valence-electron chi connectivity index (χ3n) is 7.49. The summed E-state index contributed by atoms with van der Waals surface area (Å²) in [6.45, 7) is 10.1. The molecule has 35 heavy (non-hydrogen) atoms. The topological polar surface area (TPSA) is 72.9 Å². The molecule has 1 fully saturated rings. The summed E-state index contributed by atoms with van der Waals surface area (Å²) >= 11 is 6.39. The first-order valence-corrected chi connectivity index (χ1v) is 12.6. The number of carbonyl (C=O) groups excluding carboxylic acids is 1. The van der Waals surface area contributed by atoms with Crippen LogP contribution in [0.5, 0.6) is 0 Å². The van der Waals surface area contributed by atoms with Crippen molar-refractivity contribution >= 4 is 23.0 Å². The van der Waals surface area contributed by atoms with E-state index in [1.54, 1.807) is 0 Å². The van der Waals surface area contributed by atoms with Crippen molar-refractivity contribution in [1.82, 2.24) is 24.5 Å². The number of nitrogens with zero attached hydrogens (tertiary/aromatic N) is 3. The number of rotatable bonds is 6. The summed E-state index contributed by atoms with van der Waals surface area (Å²) in [6.07, 6.45) is 4.17. The van der Waals surface area contributed by atoms with E-state index in [2.05, 4.69) is 45.5 Å². The Hall–Kier alpha value is -2.61. The van der Waals surface area contributed by atoms with Crippen LogP contribution in [-0.2, 0) is 6.54 Å². The Kier molecular flexibility index (Phi) is 7.40. The van der Waals surface area contributed by atoms with Gasteiger partial charge in [-0.05, 0) is 84.0 Å². The van der Waals surface area contributed by atoms with Gasteiger partial charge in [-0.3, -0.25) is 14.5 Å². The van der Waals surface area contributed by atoms with Gasteiger partial charge in [0.1, 0.15) is 0 Å². The number of hydrogen-bond acceptors (Lipinski definition) is 4. The molecule has 1 amide bonds. The van der Waals surface area contributed by atoms with Crippen LogP contribution in [0.4, 0.5) is 0 Å². The molecular formula is C27H36ClN5O2. The van der Waals surface area contributed by atoms with E-state index in [1.807, 2.05) is 45.2 Å². The number of aryl methyl sites for hydroxylation is 2. The summed E-state index contributed by atoms with van der Waals surface area (Å²) in [4.78, 5) is 33.4. The predicted octanol–water partition coefficient (Wildman–Crippen LogP) is 4.22. The highest BCUT2D eigenvalue weighted by Gasteiger charge is 2.28. The number of hydrogen-bond donors (Lipinski definition) is 2. The SMILES string of the molecule is Cc1cc(C)c(CNC(=O)c2cc3cc(Cl)cn3c(C(C)N3CCC(N(C)C)CC3)c2C)c(=O)[nH]1. The lowest BCUT2D eigenvalue weighted by molar-refractivity contribution is 0.0948. The summed E-state index contributed by atoms with van der Waals surface area (Å²) in [5.74, 6) is -0.193. The quantitative estimate of drug-likeness (QED) is 0.534. The first-order chi connectivity index (χ1) is 16.6. The number of fused-ring (bicyclic) bond motifs is 1. The molecule has 1 aliphatic heterocycles. The minimum Gasteiger partial charge on any atom is -0.348 e. The van der Waals surface area contributed by atoms with Gasteiger partial charge in [0, 0.05) is 65.9 Å². The van der Waals surface area contributed by atoms with Crippen LogP contribution in [0.15, 0.2) is 29.2 Å². The predicted molar refractivity (Wildman–Crippen MR) is 142 cm³/mol. The lowest BCUT2D eigenvalue weighted by Gasteiger charge is -2.39. The van der Waals surface area contributed by atoms with Gasteiger partial charge in [-0.25, -0.2) is 0 Å². The molecule has 1 saturated heterocycles. The second-order valence-electron chi connectivity index (χ2n) is 10.1. The molecule has 4 heterocycles. The van der Waals surface area contributed by atoms with Gasteiger partial charge in [-0.1, -0.05) is 11.6 Å². The van der Waals surface area contributed by atoms with Crippen molar-refractivity contribution in [3.8, 4) is 0 Å². The number of H-pyrrole nitrogens is 1. The van der Waals surface area contributed by atoms with Gasteiger partial charge in [0.05, 0.1) is 5.02 Å². The molecule has 3 aromatic heterocycles. The van der Waals surface area contributed by atoms with Crippen molar-refractivity contribution in [3.05, 3.63) is 73.4 Å². The molecule has 0 spiro atoms. The van der Waals surface area contributed by atoms with Crippen LogP contribution in [0.2, 0.25) is 5.02 Å². The van der Waals surface area contributed by atoms with E-state index >= 15 is 0 Å². The van der Waals surface area contributed by atoms with E-state index in [0.29, 0.717) is 22.2 Å². The number of halogens is 1. The Morgan fingerprint density at radius 1 is 1.20 bits per heavy atom. The number of likely N-dealkylation sites (tertiary alicyclic amines) is 1. The third-order valence-corrected chi connectivity index (χ3v) is 7.70. The van der Waals surface area contributed by atoms with E-state index in [1.165, 1.54) is 0 Å². The minimum atomic E-state index is -0.193. The maximum atomic E-state index is 13.4. The van der Waals surface area contributed by atoms with Crippen molar-refractivity contribution in [1.29, 1.82) is 0 Å². The first-order valence-electron chi connectivity index (χ1n) is 12.3. The number of carbonyl (C=O) groups is 1. The average molecular weight is 498 g/mol. The molecule has 0 saturated carbocycles. The van der Waals surface area contributed by atoms with Gasteiger partial charge >= 0.3 is 0 Å². The maximum absolute atomic E-state index is 13.4. The minimum absolute atomic E-state index is 0.124. The zero-order chi connectivity index (χ0) is 25.4. The van der Waals surface area contributed by atoms with Gasteiger partial charge < -0.3 is 19.6 Å². The van der Waals surface area contributed by atoms with Crippen LogP contribution in [0, 0.1) is 20.8 Å². The molecule has 0 aromatic carbocycles. The normalized spacial score (nSPS) is 16.2. The Balaban J connectivity index is 1.64. The highest BCUT2D eigenvalue weighted by Crippen LogP contribution is 2.32. The standard InChI is InChI=1S/C27H36ClN5O2/c1-16-11-17(2)30-27(35)24(16)14-29-26(34)23-13-22-12-20(28)15-33(22)25(18(23)3)19(4)32-9-7-21(8-10-32)31(5)6/h11-13,15,19,21H,7-10,14H2,1-6H3,(H,29,34)(H,30,35). The van der Waals surface area contributed by atoms with Crippen molar-refractivity contribution in [2.24, 2.45) is 0 Å². The van der Waals surface area contributed by atoms with Crippen LogP contribution in [0.3, 0.4) is 0 Å². The van der Waals surface area contributed by atoms with Crippen molar-refractivity contribution in [2.45, 2.75) is 59.2 Å². The molecule has 4 rings (SSSR count). The molecule has 1 aliphatic rings. The lowest BCUT2D eigenvalue weighted by atomic mass is 9.97. The van der Waals surface area contributed by atoms with Crippen molar-refractivity contribution in [2.75, 3.05) is 27.2 Å². The Bertz CT molecular complexity index is 1300. The molecule has 0 bridgehead atoms. The molecular weight excluding hydrogens is 462 g/mol. The number of pyridine rings is 2. The van der Waals surface area contributed by atoms with E-state index in [4.69, 9.17) is 11.6 Å². The fourth-order valence-corrected chi connectivity index (χ4v) is 5.63. The third kappa shape index (κ3) is 5.17. The Morgan fingerprint density at radius 2 is 1.89 bits per heavy atom. The lowest BCUT2D eigenvalue weighted by Crippen LogP contribution is -2.43. The molecule has 7 nitrogen and oxygen atoms in total. The highest BCUT2D eigenvalue weighted by molar-refractivity contribution is 6.31. The Labute approximate surface area is 212 Å². The molecule has 0 aliphatic carbocycles. The molecule has 188 valence electrons. The molecule has 3 aromatic rings. The van der Waals surface area contributed by atoms with Crippen LogP contribution < -0.4 is 10.9 Å². The average Bonchev–Trinajstić information content (AvgIpc) is 3.17. The zero-order valence-corrected chi connectivity index (χ0v) is 22.3. The van der Waals surface area contributed by atoms with Gasteiger partial charge in [-0.2, -0.15) is 0 Å². The second kappa shape index (κ2) is 10.2. The first kappa shape index (κ1) is 25.5. The molecule has 1 unspecified atom stereocenters. The Morgan fingerprint density at radius 3 is 2.51 bits per heavy atom. The van der Waals surface area contributed by atoms with E-state index in [-0.39, 0.29) is 24.1 Å². The van der Waals surface area contributed by atoms with Crippen LogP contribution >= 0.6 is 11.6 Å². The highest BCUT2D eigenvalue weighted by atomic mass is 35.5. The molecule has 8 heteroatoms. The van der Waals surface area contributed by atoms with Crippen LogP contribution in [0.1, 0.15) is 64.2 Å². The van der Waals surface area contributed by atoms with Gasteiger partial charge in [0.25, 0.3) is 11.5 Å². The summed E-state index contributed by atoms with van der Waals surface area (Å²) in [5, 5.41) is 3.61. The molecule has 2 N–H and O–H groups in total. The smallest absolute Gasteiger partial charge is 0.253 e. The van der Waals surface area contributed by atoms with Crippen molar-refractivity contribution < 1.29 is 4.79 Å². The summed E-state index contributed by atoms with van der Waals surface area (Å²) < 4.78 is 2.12. The van der Waals surface area contributed by atoms with Crippen LogP contribution in [0.25, 0.3) is 5.52 Å². The van der Waals surface area contributed by atoms with Crippen molar-refractivity contribution in [3.63, 3.8) is 0 Å². The number of aromatic amines is 1. The number of aromatic nitrogens is 2. The number of amides is 1. The fraction of sp³-hybridized carbons (Fsp3) is 0.481. The van der Waals surface area contributed by atoms with Gasteiger partial charge in [0.2, 0.25) is 0 Å². The fourth-order valence-electron chi connectivity index (χ4n) is 5.42. The zero-order valence-electron chi connectivity index (χ0n) is 21.5. The molecule has 1 atom stereocenters. The summed E-state index contributed by atoms with van der Waals surface area (Å²) in [7, 11) is 4.29. The van der Waals surface area contributed by atoms with E-state index in [0.717, 1.165) is 54.0 Å². The van der Waals surface area contributed by atoms with E-state index < -0.39 is 0 Å². The number of nitrogens with one attached hydrogen (secondary N) is 2. The largest absolute Gasteiger partial charge is 0.348 e. The van der Waals surface area contributed by atoms with Gasteiger partial charge in [-0.15, -0.1) is 0 Å². The second-order valence-corrected chi connectivity index (χ2v) is 10.5. The van der Waals surface area contributed by atoms with Crippen LogP contribution in [-0.4, -0.2) is 58.3 Å². The maximum Gasteiger partial charge on any atom is 0.253 e. The number of piperidine rings is 1.